The highest BCUT2D eigenvalue weighted by Gasteiger charge is 2.28. The minimum absolute atomic E-state index is 0.0499. The number of ether oxygens (including phenoxy) is 1. The van der Waals surface area contributed by atoms with Gasteiger partial charge in [-0.05, 0) is 43.7 Å². The standard InChI is InChI=1S/C32H40N5O8P/c38-24(22-45-46-43)21-44-19-9-17-33-28(39)14-5-6-15-29(40)36-20-23-10-1-2-11-25(23)31-32(26-12-3-4-13-27(26)36)37(35-34-31)18-8-7-16-30(41)42/h1-4,10-13,24,38H,5-9,14-22H2,(H,33,39)(H,41,42). The number of carboxylic acid groups (broad SMARTS) is 1. The van der Waals surface area contributed by atoms with Crippen LogP contribution in [-0.4, -0.2) is 75.5 Å². The SMILES string of the molecule is O=POCC(O)COCCCNC(=O)CCCCC(=O)N1Cc2ccccc2-c2nnn(CCCCC(=O)O)c2-c2ccccc21. The first-order valence-corrected chi connectivity index (χ1v) is 16.2. The number of hydrogen-bond donors (Lipinski definition) is 3. The molecule has 1 aliphatic heterocycles. The van der Waals surface area contributed by atoms with Gasteiger partial charge in [0.2, 0.25) is 11.8 Å². The van der Waals surface area contributed by atoms with E-state index in [0.717, 1.165) is 33.8 Å². The van der Waals surface area contributed by atoms with Crippen molar-refractivity contribution in [2.24, 2.45) is 0 Å². The minimum atomic E-state index is -0.861. The lowest BCUT2D eigenvalue weighted by atomic mass is 9.95. The molecule has 0 spiro atoms. The first-order valence-electron chi connectivity index (χ1n) is 15.5. The molecule has 0 fully saturated rings. The number of fused-ring (bicyclic) bond motifs is 5. The lowest BCUT2D eigenvalue weighted by Gasteiger charge is -2.29. The van der Waals surface area contributed by atoms with Crippen LogP contribution in [0.5, 0.6) is 0 Å². The van der Waals surface area contributed by atoms with Gasteiger partial charge in [-0.1, -0.05) is 47.7 Å². The number of aryl methyl sites for hydroxylation is 1. The van der Waals surface area contributed by atoms with Crippen molar-refractivity contribution < 1.29 is 38.4 Å². The van der Waals surface area contributed by atoms with Gasteiger partial charge in [-0.15, -0.1) is 5.10 Å². The number of aliphatic hydroxyl groups excluding tert-OH is 1. The highest BCUT2D eigenvalue weighted by Crippen LogP contribution is 2.41. The van der Waals surface area contributed by atoms with Crippen LogP contribution in [0.1, 0.15) is 56.9 Å². The number of para-hydroxylation sites is 1. The number of unbranched alkanes of at least 4 members (excludes halogenated alkanes) is 2. The molecule has 2 aromatic carbocycles. The summed E-state index contributed by atoms with van der Waals surface area (Å²) in [5.74, 6) is -0.980. The zero-order chi connectivity index (χ0) is 32.7. The Balaban J connectivity index is 1.34. The summed E-state index contributed by atoms with van der Waals surface area (Å²) in [4.78, 5) is 38.9. The number of carbonyl (C=O) groups is 3. The number of rotatable bonds is 19. The molecule has 246 valence electrons. The largest absolute Gasteiger partial charge is 0.481 e. The average molecular weight is 654 g/mol. The lowest BCUT2D eigenvalue weighted by Crippen LogP contribution is -2.31. The first kappa shape index (κ1) is 34.8. The third-order valence-corrected chi connectivity index (χ3v) is 7.81. The fourth-order valence-corrected chi connectivity index (χ4v) is 5.54. The molecule has 3 N–H and O–H groups in total. The van der Waals surface area contributed by atoms with Gasteiger partial charge in [0.25, 0.3) is 0 Å². The Kier molecular flexibility index (Phi) is 13.8. The van der Waals surface area contributed by atoms with Gasteiger partial charge >= 0.3 is 14.7 Å². The number of nitrogens with zero attached hydrogens (tertiary/aromatic N) is 4. The van der Waals surface area contributed by atoms with Crippen LogP contribution in [0.15, 0.2) is 48.5 Å². The van der Waals surface area contributed by atoms with E-state index in [2.05, 4.69) is 20.2 Å². The summed E-state index contributed by atoms with van der Waals surface area (Å²) in [6.45, 7) is 1.62. The molecule has 46 heavy (non-hydrogen) atoms. The van der Waals surface area contributed by atoms with Crippen molar-refractivity contribution in [2.45, 2.75) is 70.6 Å². The number of anilines is 1. The maximum absolute atomic E-state index is 13.7. The summed E-state index contributed by atoms with van der Waals surface area (Å²) < 4.78 is 21.9. The summed E-state index contributed by atoms with van der Waals surface area (Å²) >= 11 is 0. The second-order valence-electron chi connectivity index (χ2n) is 11.0. The quantitative estimate of drug-likeness (QED) is 0.124. The number of aliphatic hydroxyl groups is 1. The monoisotopic (exact) mass is 653 g/mol. The topological polar surface area (TPSA) is 173 Å². The summed E-state index contributed by atoms with van der Waals surface area (Å²) in [5.41, 5.74) is 4.95. The molecule has 0 radical (unpaired) electrons. The first-order chi connectivity index (χ1) is 22.4. The molecule has 4 rings (SSSR count). The van der Waals surface area contributed by atoms with Crippen LogP contribution >= 0.6 is 8.69 Å². The van der Waals surface area contributed by atoms with E-state index in [1.54, 1.807) is 9.58 Å². The molecule has 0 aliphatic carbocycles. The van der Waals surface area contributed by atoms with Gasteiger partial charge in [0.05, 0.1) is 31.1 Å². The van der Waals surface area contributed by atoms with Crippen molar-refractivity contribution in [3.05, 3.63) is 54.1 Å². The molecule has 14 heteroatoms. The summed E-state index contributed by atoms with van der Waals surface area (Å²) in [6, 6.07) is 15.5. The second-order valence-corrected chi connectivity index (χ2v) is 11.4. The van der Waals surface area contributed by atoms with E-state index in [-0.39, 0.29) is 37.9 Å². The normalized spacial score (nSPS) is 12.8. The van der Waals surface area contributed by atoms with E-state index in [1.807, 2.05) is 48.5 Å². The molecule has 1 unspecified atom stereocenters. The van der Waals surface area contributed by atoms with E-state index < -0.39 is 20.8 Å². The van der Waals surface area contributed by atoms with E-state index in [0.29, 0.717) is 64.8 Å². The van der Waals surface area contributed by atoms with E-state index in [1.165, 1.54) is 0 Å². The van der Waals surface area contributed by atoms with Crippen molar-refractivity contribution >= 4 is 32.2 Å². The number of amides is 2. The molecule has 0 saturated carbocycles. The highest BCUT2D eigenvalue weighted by atomic mass is 31.1. The van der Waals surface area contributed by atoms with Crippen LogP contribution in [-0.2, 0) is 41.3 Å². The molecule has 1 atom stereocenters. The lowest BCUT2D eigenvalue weighted by molar-refractivity contribution is -0.137. The number of nitrogens with one attached hydrogen (secondary N) is 1. The fraction of sp³-hybridized carbons (Fsp3) is 0.469. The van der Waals surface area contributed by atoms with Crippen LogP contribution in [0, 0.1) is 0 Å². The van der Waals surface area contributed by atoms with Crippen LogP contribution in [0.2, 0.25) is 0 Å². The Hall–Kier alpha value is -4.03. The van der Waals surface area contributed by atoms with Crippen LogP contribution < -0.4 is 10.2 Å². The molecule has 3 aromatic rings. The van der Waals surface area contributed by atoms with Gasteiger partial charge in [-0.3, -0.25) is 18.9 Å². The molecule has 1 aliphatic rings. The Morgan fingerprint density at radius 2 is 1.67 bits per heavy atom. The molecule has 2 amide bonds. The summed E-state index contributed by atoms with van der Waals surface area (Å²) in [5, 5.41) is 30.4. The predicted molar refractivity (Wildman–Crippen MR) is 170 cm³/mol. The molecular weight excluding hydrogens is 613 g/mol. The smallest absolute Gasteiger partial charge is 0.327 e. The van der Waals surface area contributed by atoms with Gasteiger partial charge in [0, 0.05) is 50.1 Å². The van der Waals surface area contributed by atoms with Gasteiger partial charge < -0.3 is 25.2 Å². The van der Waals surface area contributed by atoms with Gasteiger partial charge in [0.1, 0.15) is 11.8 Å². The third kappa shape index (κ3) is 9.98. The third-order valence-electron chi connectivity index (χ3n) is 7.56. The highest BCUT2D eigenvalue weighted by molar-refractivity contribution is 7.17. The fourth-order valence-electron chi connectivity index (χ4n) is 5.30. The van der Waals surface area contributed by atoms with Crippen LogP contribution in [0.25, 0.3) is 22.5 Å². The van der Waals surface area contributed by atoms with E-state index >= 15 is 0 Å². The van der Waals surface area contributed by atoms with Crippen LogP contribution in [0.3, 0.4) is 0 Å². The molecule has 13 nitrogen and oxygen atoms in total. The number of benzene rings is 2. The van der Waals surface area contributed by atoms with Gasteiger partial charge in [-0.2, -0.15) is 0 Å². The predicted octanol–water partition coefficient (Wildman–Crippen LogP) is 4.38. The average Bonchev–Trinajstić information content (AvgIpc) is 3.46. The Morgan fingerprint density at radius 3 is 2.48 bits per heavy atom. The van der Waals surface area contributed by atoms with Gasteiger partial charge in [-0.25, -0.2) is 9.25 Å². The van der Waals surface area contributed by atoms with E-state index in [4.69, 9.17) is 9.84 Å². The number of carbonyl (C=O) groups excluding carboxylic acids is 2. The zero-order valence-corrected chi connectivity index (χ0v) is 26.6. The van der Waals surface area contributed by atoms with E-state index in [9.17, 15) is 24.1 Å². The molecule has 2 heterocycles. The molecular formula is C32H40N5O8P. The Labute approximate surface area is 269 Å². The molecule has 1 aromatic heterocycles. The minimum Gasteiger partial charge on any atom is -0.481 e. The maximum Gasteiger partial charge on any atom is 0.327 e. The molecule has 0 bridgehead atoms. The number of aromatic nitrogens is 3. The van der Waals surface area contributed by atoms with Crippen LogP contribution in [0.4, 0.5) is 5.69 Å². The molecule has 0 saturated heterocycles. The Bertz CT molecular complexity index is 1480. The van der Waals surface area contributed by atoms with Crippen molar-refractivity contribution in [1.82, 2.24) is 20.3 Å². The Morgan fingerprint density at radius 1 is 0.935 bits per heavy atom. The van der Waals surface area contributed by atoms with Crippen molar-refractivity contribution in [3.8, 4) is 22.5 Å². The van der Waals surface area contributed by atoms with Crippen molar-refractivity contribution in [2.75, 3.05) is 31.3 Å². The maximum atomic E-state index is 13.7. The van der Waals surface area contributed by atoms with Gasteiger partial charge in [0.15, 0.2) is 0 Å². The zero-order valence-electron chi connectivity index (χ0n) is 25.7. The number of carboxylic acids is 1. The number of aliphatic carboxylic acids is 1. The number of hydrogen-bond acceptors (Lipinski definition) is 9. The second kappa shape index (κ2) is 18.2. The summed E-state index contributed by atoms with van der Waals surface area (Å²) in [6.07, 6.45) is 2.62. The summed E-state index contributed by atoms with van der Waals surface area (Å²) in [7, 11) is -0.489. The van der Waals surface area contributed by atoms with Crippen molar-refractivity contribution in [3.63, 3.8) is 0 Å². The van der Waals surface area contributed by atoms with Crippen molar-refractivity contribution in [1.29, 1.82) is 0 Å².